The highest BCUT2D eigenvalue weighted by atomic mass is 16.4. The van der Waals surface area contributed by atoms with Crippen molar-refractivity contribution in [2.24, 2.45) is 0 Å². The van der Waals surface area contributed by atoms with E-state index >= 15 is 0 Å². The number of carbonyl (C=O) groups is 1. The minimum atomic E-state index is -0.889. The molecular weight excluding hydrogens is 204 g/mol. The topological polar surface area (TPSA) is 53.4 Å². The van der Waals surface area contributed by atoms with Gasteiger partial charge >= 0.3 is 5.97 Å². The van der Waals surface area contributed by atoms with Gasteiger partial charge in [0.1, 0.15) is 0 Å². The zero-order valence-corrected chi connectivity index (χ0v) is 9.22. The molecule has 0 amide bonds. The van der Waals surface area contributed by atoms with E-state index in [1.807, 2.05) is 0 Å². The fraction of sp³-hybridized carbons (Fsp3) is 0.500. The van der Waals surface area contributed by atoms with Crippen molar-refractivity contribution >= 4 is 5.97 Å². The summed E-state index contributed by atoms with van der Waals surface area (Å²) in [6, 6.07) is 3.29. The number of hydrogen-bond acceptors (Lipinski definition) is 3. The first-order valence-corrected chi connectivity index (χ1v) is 5.67. The summed E-state index contributed by atoms with van der Waals surface area (Å²) >= 11 is 0. The summed E-state index contributed by atoms with van der Waals surface area (Å²) in [5, 5.41) is 9.04. The van der Waals surface area contributed by atoms with Gasteiger partial charge in [0.2, 0.25) is 0 Å². The quantitative estimate of drug-likeness (QED) is 0.843. The lowest BCUT2D eigenvalue weighted by molar-refractivity contribution is 0.0693. The number of likely N-dealkylation sites (tertiary alicyclic amines) is 1. The maximum absolute atomic E-state index is 11.0. The van der Waals surface area contributed by atoms with E-state index < -0.39 is 5.97 Å². The number of carboxylic acid groups (broad SMARTS) is 1. The van der Waals surface area contributed by atoms with Crippen LogP contribution in [-0.2, 0) is 6.54 Å². The van der Waals surface area contributed by atoms with Crippen molar-refractivity contribution in [1.82, 2.24) is 9.88 Å². The van der Waals surface area contributed by atoms with Crippen LogP contribution in [0.5, 0.6) is 0 Å². The molecule has 4 heteroatoms. The Morgan fingerprint density at radius 3 is 2.81 bits per heavy atom. The molecule has 1 aromatic heterocycles. The first-order chi connectivity index (χ1) is 7.77. The molecule has 1 aliphatic rings. The summed E-state index contributed by atoms with van der Waals surface area (Å²) in [6.45, 7) is 2.76. The number of nitrogens with zero attached hydrogens (tertiary/aromatic N) is 2. The average Bonchev–Trinajstić information content (AvgIpc) is 2.31. The molecular formula is C12H16N2O2. The lowest BCUT2D eigenvalue weighted by atomic mass is 10.1. The lowest BCUT2D eigenvalue weighted by Gasteiger charge is -2.26. The molecule has 0 radical (unpaired) electrons. The molecule has 0 spiro atoms. The van der Waals surface area contributed by atoms with E-state index in [2.05, 4.69) is 9.88 Å². The fourth-order valence-electron chi connectivity index (χ4n) is 2.09. The average molecular weight is 220 g/mol. The van der Waals surface area contributed by atoms with Gasteiger partial charge in [-0.1, -0.05) is 6.42 Å². The minimum Gasteiger partial charge on any atom is -0.478 e. The molecule has 0 aliphatic carbocycles. The summed E-state index contributed by atoms with van der Waals surface area (Å²) in [6.07, 6.45) is 5.35. The standard InChI is InChI=1S/C12H16N2O2/c15-12(16)10-5-4-6-13-11(10)9-14-7-2-1-3-8-14/h4-6H,1-3,7-9H2,(H,15,16). The van der Waals surface area contributed by atoms with E-state index in [1.54, 1.807) is 18.3 Å². The van der Waals surface area contributed by atoms with Crippen molar-refractivity contribution < 1.29 is 9.90 Å². The van der Waals surface area contributed by atoms with Gasteiger partial charge in [-0.3, -0.25) is 9.88 Å². The number of carboxylic acids is 1. The molecule has 0 aromatic carbocycles. The predicted molar refractivity (Wildman–Crippen MR) is 60.3 cm³/mol. The second kappa shape index (κ2) is 5.07. The molecule has 2 heterocycles. The Morgan fingerprint density at radius 2 is 2.12 bits per heavy atom. The number of hydrogen-bond donors (Lipinski definition) is 1. The molecule has 1 saturated heterocycles. The number of aromatic carboxylic acids is 1. The third kappa shape index (κ3) is 2.58. The molecule has 1 aromatic rings. The van der Waals surface area contributed by atoms with E-state index in [0.29, 0.717) is 17.8 Å². The van der Waals surface area contributed by atoms with Crippen LogP contribution in [0.25, 0.3) is 0 Å². The van der Waals surface area contributed by atoms with E-state index in [-0.39, 0.29) is 0 Å². The highest BCUT2D eigenvalue weighted by molar-refractivity contribution is 5.88. The van der Waals surface area contributed by atoms with Gasteiger partial charge in [-0.2, -0.15) is 0 Å². The molecule has 1 aliphatic heterocycles. The zero-order valence-electron chi connectivity index (χ0n) is 9.22. The Morgan fingerprint density at radius 1 is 1.38 bits per heavy atom. The van der Waals surface area contributed by atoms with Crippen LogP contribution in [-0.4, -0.2) is 34.0 Å². The Balaban J connectivity index is 2.10. The summed E-state index contributed by atoms with van der Waals surface area (Å²) in [5.74, 6) is -0.889. The third-order valence-corrected chi connectivity index (χ3v) is 2.94. The third-order valence-electron chi connectivity index (χ3n) is 2.94. The van der Waals surface area contributed by atoms with Crippen LogP contribution in [0.15, 0.2) is 18.3 Å². The summed E-state index contributed by atoms with van der Waals surface area (Å²) in [5.41, 5.74) is 1.00. The van der Waals surface area contributed by atoms with Crippen molar-refractivity contribution in [2.45, 2.75) is 25.8 Å². The van der Waals surface area contributed by atoms with Crippen LogP contribution in [0.4, 0.5) is 0 Å². The van der Waals surface area contributed by atoms with Crippen LogP contribution < -0.4 is 0 Å². The first kappa shape index (κ1) is 11.1. The first-order valence-electron chi connectivity index (χ1n) is 5.67. The van der Waals surface area contributed by atoms with E-state index in [9.17, 15) is 4.79 Å². The van der Waals surface area contributed by atoms with Crippen LogP contribution in [0.1, 0.15) is 35.3 Å². The second-order valence-electron chi connectivity index (χ2n) is 4.14. The van der Waals surface area contributed by atoms with Gasteiger partial charge in [0.25, 0.3) is 0 Å². The van der Waals surface area contributed by atoms with Crippen LogP contribution in [0.2, 0.25) is 0 Å². The second-order valence-corrected chi connectivity index (χ2v) is 4.14. The van der Waals surface area contributed by atoms with Crippen LogP contribution in [0.3, 0.4) is 0 Å². The molecule has 86 valence electrons. The molecule has 2 rings (SSSR count). The number of piperidine rings is 1. The van der Waals surface area contributed by atoms with Gasteiger partial charge in [0.15, 0.2) is 0 Å². The van der Waals surface area contributed by atoms with Crippen molar-refractivity contribution in [3.63, 3.8) is 0 Å². The Kier molecular flexibility index (Phi) is 3.51. The predicted octanol–water partition coefficient (Wildman–Crippen LogP) is 1.77. The lowest BCUT2D eigenvalue weighted by Crippen LogP contribution is -2.30. The van der Waals surface area contributed by atoms with E-state index in [4.69, 9.17) is 5.11 Å². The maximum Gasteiger partial charge on any atom is 0.337 e. The molecule has 0 atom stereocenters. The maximum atomic E-state index is 11.0. The van der Waals surface area contributed by atoms with E-state index in [0.717, 1.165) is 13.1 Å². The van der Waals surface area contributed by atoms with Gasteiger partial charge in [-0.15, -0.1) is 0 Å². The Labute approximate surface area is 94.9 Å². The van der Waals surface area contributed by atoms with Crippen LogP contribution in [0, 0.1) is 0 Å². The van der Waals surface area contributed by atoms with Gasteiger partial charge < -0.3 is 5.11 Å². The van der Waals surface area contributed by atoms with E-state index in [1.165, 1.54) is 19.3 Å². The molecule has 0 saturated carbocycles. The summed E-state index contributed by atoms with van der Waals surface area (Å²) in [7, 11) is 0. The molecule has 0 bridgehead atoms. The molecule has 1 N–H and O–H groups in total. The number of rotatable bonds is 3. The van der Waals surface area contributed by atoms with Gasteiger partial charge in [-0.25, -0.2) is 4.79 Å². The largest absolute Gasteiger partial charge is 0.478 e. The summed E-state index contributed by atoms with van der Waals surface area (Å²) < 4.78 is 0. The molecule has 0 unspecified atom stereocenters. The normalized spacial score (nSPS) is 17.2. The summed E-state index contributed by atoms with van der Waals surface area (Å²) in [4.78, 5) is 17.5. The Hall–Kier alpha value is -1.42. The van der Waals surface area contributed by atoms with Crippen molar-refractivity contribution in [2.75, 3.05) is 13.1 Å². The molecule has 1 fully saturated rings. The van der Waals surface area contributed by atoms with Crippen molar-refractivity contribution in [1.29, 1.82) is 0 Å². The number of pyridine rings is 1. The smallest absolute Gasteiger partial charge is 0.337 e. The minimum absolute atomic E-state index is 0.327. The van der Waals surface area contributed by atoms with Gasteiger partial charge in [0, 0.05) is 12.7 Å². The SMILES string of the molecule is O=C(O)c1cccnc1CN1CCCCC1. The highest BCUT2D eigenvalue weighted by Crippen LogP contribution is 2.14. The van der Waals surface area contributed by atoms with Gasteiger partial charge in [-0.05, 0) is 38.1 Å². The Bertz CT molecular complexity index is 373. The van der Waals surface area contributed by atoms with Crippen molar-refractivity contribution in [3.8, 4) is 0 Å². The number of aromatic nitrogens is 1. The fourth-order valence-corrected chi connectivity index (χ4v) is 2.09. The van der Waals surface area contributed by atoms with Crippen molar-refractivity contribution in [3.05, 3.63) is 29.6 Å². The monoisotopic (exact) mass is 220 g/mol. The zero-order chi connectivity index (χ0) is 11.4. The molecule has 16 heavy (non-hydrogen) atoms. The van der Waals surface area contributed by atoms with Crippen LogP contribution >= 0.6 is 0 Å². The highest BCUT2D eigenvalue weighted by Gasteiger charge is 2.15. The molecule has 4 nitrogen and oxygen atoms in total. The van der Waals surface area contributed by atoms with Gasteiger partial charge in [0.05, 0.1) is 11.3 Å².